The zero-order valence-corrected chi connectivity index (χ0v) is 38.7. The number of hydrogen-bond acceptors (Lipinski definition) is 13. The van der Waals surface area contributed by atoms with Gasteiger partial charge in [-0.15, -0.1) is 0 Å². The van der Waals surface area contributed by atoms with E-state index in [2.05, 4.69) is 62.4 Å². The molecule has 1 unspecified atom stereocenters. The number of aromatic nitrogens is 5. The molecular weight excluding hydrogens is 877 g/mol. The number of nitrogens with zero attached hydrogens (tertiary/aromatic N) is 6. The number of ether oxygens (including phenoxy) is 4. The lowest BCUT2D eigenvalue weighted by molar-refractivity contribution is 0.112. The Morgan fingerprint density at radius 1 is 0.478 bits per heavy atom. The summed E-state index contributed by atoms with van der Waals surface area (Å²) in [4.78, 5) is 27.9. The molecule has 7 aromatic rings. The number of hydrogen-bond donors (Lipinski definition) is 1. The van der Waals surface area contributed by atoms with Gasteiger partial charge in [-0.1, -0.05) is 54.6 Å². The third-order valence-corrected chi connectivity index (χ3v) is 12.4. The van der Waals surface area contributed by atoms with Crippen LogP contribution in [0.25, 0.3) is 56.4 Å². The Kier molecular flexibility index (Phi) is 17.9. The van der Waals surface area contributed by atoms with Crippen LogP contribution in [0.1, 0.15) is 12.1 Å². The summed E-state index contributed by atoms with van der Waals surface area (Å²) in [6.07, 6.45) is 13.7. The van der Waals surface area contributed by atoms with Crippen LogP contribution in [-0.2, 0) is 9.47 Å². The first-order valence-electron chi connectivity index (χ1n) is 22.3. The molecule has 1 aliphatic heterocycles. The molecular formula is C54H52N6O5S2. The van der Waals surface area contributed by atoms with Gasteiger partial charge in [-0.25, -0.2) is 9.97 Å². The zero-order chi connectivity index (χ0) is 45.7. The highest BCUT2D eigenvalue weighted by Gasteiger charge is 2.13. The van der Waals surface area contributed by atoms with E-state index in [1.807, 2.05) is 109 Å². The molecule has 0 aliphatic carbocycles. The van der Waals surface area contributed by atoms with Crippen molar-refractivity contribution in [2.75, 3.05) is 62.7 Å². The molecule has 8 rings (SSSR count). The van der Waals surface area contributed by atoms with Crippen LogP contribution in [0.4, 0.5) is 0 Å². The molecule has 0 amide bonds. The Labute approximate surface area is 400 Å². The Morgan fingerprint density at radius 3 is 1.40 bits per heavy atom. The van der Waals surface area contributed by atoms with Gasteiger partial charge in [-0.05, 0) is 120 Å². The van der Waals surface area contributed by atoms with E-state index < -0.39 is 0 Å². The fourth-order valence-electron chi connectivity index (χ4n) is 6.96. The molecule has 340 valence electrons. The van der Waals surface area contributed by atoms with Crippen LogP contribution in [0.2, 0.25) is 0 Å². The monoisotopic (exact) mass is 928 g/mol. The van der Waals surface area contributed by atoms with E-state index in [-0.39, 0.29) is 6.10 Å². The molecule has 1 N–H and O–H groups in total. The molecule has 13 heteroatoms. The minimum absolute atomic E-state index is 0.386. The molecule has 11 nitrogen and oxygen atoms in total. The van der Waals surface area contributed by atoms with E-state index >= 15 is 0 Å². The molecule has 1 atom stereocenters. The Bertz CT molecular complexity index is 2630. The predicted molar refractivity (Wildman–Crippen MR) is 272 cm³/mol. The minimum Gasteiger partial charge on any atom is -0.491 e. The topological polar surface area (TPSA) is 134 Å². The maximum Gasteiger partial charge on any atom is 0.119 e. The predicted octanol–water partition coefficient (Wildman–Crippen LogP) is 10.6. The van der Waals surface area contributed by atoms with Crippen molar-refractivity contribution in [2.45, 2.75) is 12.5 Å². The molecule has 0 bridgehead atoms. The molecule has 0 spiro atoms. The van der Waals surface area contributed by atoms with Crippen molar-refractivity contribution in [3.63, 3.8) is 0 Å². The van der Waals surface area contributed by atoms with Crippen LogP contribution in [0, 0.1) is 0 Å². The van der Waals surface area contributed by atoms with Gasteiger partial charge >= 0.3 is 0 Å². The van der Waals surface area contributed by atoms with E-state index in [4.69, 9.17) is 28.9 Å². The molecule has 67 heavy (non-hydrogen) atoms. The van der Waals surface area contributed by atoms with Gasteiger partial charge in [-0.3, -0.25) is 19.9 Å². The summed E-state index contributed by atoms with van der Waals surface area (Å²) in [5.74, 6) is 4.48. The van der Waals surface area contributed by atoms with Gasteiger partial charge in [-0.2, -0.15) is 23.5 Å². The quantitative estimate of drug-likeness (QED) is 0.0578. The smallest absolute Gasteiger partial charge is 0.119 e. The van der Waals surface area contributed by atoms with Gasteiger partial charge in [0.2, 0.25) is 0 Å². The van der Waals surface area contributed by atoms with Crippen molar-refractivity contribution in [1.29, 1.82) is 0 Å². The molecule has 5 aromatic heterocycles. The number of aliphatic imine (C=N–C) groups is 1. The molecule has 0 radical (unpaired) electrons. The molecule has 6 heterocycles. The van der Waals surface area contributed by atoms with Crippen LogP contribution in [0.5, 0.6) is 11.5 Å². The number of aliphatic hydroxyl groups excluding tert-OH is 1. The van der Waals surface area contributed by atoms with Gasteiger partial charge in [0, 0.05) is 47.8 Å². The second-order valence-corrected chi connectivity index (χ2v) is 17.5. The SMILES string of the molecule is OC(CSCCOCCOc1ccc(-c2cc(C3=NC=CCC=C3)nc(-c3ccccn3)c2)cc1)CSCCOCCOc1ccc(-c2cc(-c3ccccn3)nc(-c3ccccn3)c2)cc1. The summed E-state index contributed by atoms with van der Waals surface area (Å²) < 4.78 is 23.5. The van der Waals surface area contributed by atoms with Gasteiger partial charge < -0.3 is 24.1 Å². The lowest BCUT2D eigenvalue weighted by Crippen LogP contribution is -2.16. The Hall–Kier alpha value is -6.48. The number of allylic oxidation sites excluding steroid dienone is 3. The number of benzene rings is 2. The molecule has 0 fully saturated rings. The molecule has 0 saturated carbocycles. The van der Waals surface area contributed by atoms with Gasteiger partial charge in [0.25, 0.3) is 0 Å². The number of pyridine rings is 5. The summed E-state index contributed by atoms with van der Waals surface area (Å²) in [5, 5.41) is 10.5. The summed E-state index contributed by atoms with van der Waals surface area (Å²) in [6.45, 7) is 3.06. The Balaban J connectivity index is 0.668. The fraction of sp³-hybridized carbons (Fsp3) is 0.222. The summed E-state index contributed by atoms with van der Waals surface area (Å²) in [7, 11) is 0. The van der Waals surface area contributed by atoms with Crippen molar-refractivity contribution in [2.24, 2.45) is 4.99 Å². The standard InChI is InChI=1S/C54H52N6O5S2/c61-44(39-67-33-31-63-27-29-65-46-20-16-41(17-21-46)43-36-53(49-12-4-8-24-57-49)60-54(37-43)50-13-5-9-25-58-50)38-66-32-30-62-26-28-64-45-18-14-40(15-19-45)42-34-51(47-10-2-1-6-22-55-47)59-52(35-42)48-11-3-7-23-56-48/h2-25,34-37,44,61H,1,26-33,38-39H2. The van der Waals surface area contributed by atoms with Crippen molar-refractivity contribution in [3.8, 4) is 67.9 Å². The third-order valence-electron chi connectivity index (χ3n) is 10.3. The van der Waals surface area contributed by atoms with Crippen LogP contribution < -0.4 is 9.47 Å². The minimum atomic E-state index is -0.386. The van der Waals surface area contributed by atoms with E-state index in [1.54, 1.807) is 42.1 Å². The number of thioether (sulfide) groups is 2. The Morgan fingerprint density at radius 2 is 0.940 bits per heavy atom. The first kappa shape index (κ1) is 47.0. The van der Waals surface area contributed by atoms with Crippen molar-refractivity contribution in [1.82, 2.24) is 24.9 Å². The fourth-order valence-corrected chi connectivity index (χ4v) is 8.69. The lowest BCUT2D eigenvalue weighted by atomic mass is 10.0. The van der Waals surface area contributed by atoms with Crippen molar-refractivity contribution < 1.29 is 24.1 Å². The second-order valence-electron chi connectivity index (χ2n) is 15.2. The van der Waals surface area contributed by atoms with Gasteiger partial charge in [0.15, 0.2) is 0 Å². The lowest BCUT2D eigenvalue weighted by Gasteiger charge is -2.12. The maximum atomic E-state index is 10.5. The normalized spacial score (nSPS) is 12.6. The van der Waals surface area contributed by atoms with Gasteiger partial charge in [0.1, 0.15) is 24.7 Å². The highest BCUT2D eigenvalue weighted by atomic mass is 32.2. The largest absolute Gasteiger partial charge is 0.491 e. The molecule has 1 aliphatic rings. The average Bonchev–Trinajstić information content (AvgIpc) is 3.69. The third kappa shape index (κ3) is 14.5. The van der Waals surface area contributed by atoms with Crippen molar-refractivity contribution >= 4 is 29.2 Å². The van der Waals surface area contributed by atoms with Crippen molar-refractivity contribution in [3.05, 3.63) is 176 Å². The van der Waals surface area contributed by atoms with Crippen LogP contribution >= 0.6 is 23.5 Å². The zero-order valence-electron chi connectivity index (χ0n) is 37.1. The second kappa shape index (κ2) is 25.4. The number of aliphatic hydroxyl groups is 1. The van der Waals surface area contributed by atoms with E-state index in [0.717, 1.165) is 97.2 Å². The van der Waals surface area contributed by atoms with E-state index in [0.29, 0.717) is 51.1 Å². The first-order chi connectivity index (χ1) is 33.1. The summed E-state index contributed by atoms with van der Waals surface area (Å²) in [5.41, 5.74) is 10.5. The average molecular weight is 929 g/mol. The first-order valence-corrected chi connectivity index (χ1v) is 24.6. The highest BCUT2D eigenvalue weighted by molar-refractivity contribution is 8.00. The molecule has 0 saturated heterocycles. The number of rotatable bonds is 24. The van der Waals surface area contributed by atoms with E-state index in [1.165, 1.54) is 0 Å². The van der Waals surface area contributed by atoms with Gasteiger partial charge in [0.05, 0.1) is 78.1 Å². The van der Waals surface area contributed by atoms with Crippen LogP contribution in [0.3, 0.4) is 0 Å². The highest BCUT2D eigenvalue weighted by Crippen LogP contribution is 2.31. The van der Waals surface area contributed by atoms with Crippen LogP contribution in [0.15, 0.2) is 175 Å². The van der Waals surface area contributed by atoms with Crippen LogP contribution in [-0.4, -0.2) is 104 Å². The molecule has 2 aromatic carbocycles. The summed E-state index contributed by atoms with van der Waals surface area (Å²) >= 11 is 3.38. The summed E-state index contributed by atoms with van der Waals surface area (Å²) in [6, 6.07) is 41.8. The maximum absolute atomic E-state index is 10.5. The van der Waals surface area contributed by atoms with E-state index in [9.17, 15) is 5.11 Å².